The predicted octanol–water partition coefficient (Wildman–Crippen LogP) is 3.67. The second kappa shape index (κ2) is 7.11. The minimum atomic E-state index is 0.0316. The molecule has 27 heavy (non-hydrogen) atoms. The molecule has 136 valence electrons. The fourth-order valence-corrected chi connectivity index (χ4v) is 3.31. The van der Waals surface area contributed by atoms with E-state index in [1.807, 2.05) is 54.3 Å². The first-order chi connectivity index (χ1) is 13.1. The molecular formula is C22H21N3O2. The lowest BCUT2D eigenvalue weighted by Crippen LogP contribution is -2.32. The molecule has 2 N–H and O–H groups in total. The number of anilines is 1. The molecule has 1 amide bonds. The van der Waals surface area contributed by atoms with Gasteiger partial charge in [0, 0.05) is 29.4 Å². The van der Waals surface area contributed by atoms with E-state index >= 15 is 0 Å². The van der Waals surface area contributed by atoms with E-state index in [9.17, 15) is 4.79 Å². The number of aromatic nitrogens is 1. The highest BCUT2D eigenvalue weighted by atomic mass is 16.5. The summed E-state index contributed by atoms with van der Waals surface area (Å²) in [5, 5.41) is 0. The van der Waals surface area contributed by atoms with E-state index in [1.165, 1.54) is 0 Å². The van der Waals surface area contributed by atoms with Crippen LogP contribution in [-0.4, -0.2) is 28.9 Å². The topological polar surface area (TPSA) is 68.5 Å². The van der Waals surface area contributed by atoms with Crippen molar-refractivity contribution in [1.29, 1.82) is 0 Å². The molecule has 3 aromatic rings. The first-order valence-corrected chi connectivity index (χ1v) is 8.94. The summed E-state index contributed by atoms with van der Waals surface area (Å²) in [6, 6.07) is 17.4. The Morgan fingerprint density at radius 2 is 1.93 bits per heavy atom. The number of nitrogen functional groups attached to an aromatic ring is 1. The molecule has 2 aromatic carbocycles. The van der Waals surface area contributed by atoms with Crippen molar-refractivity contribution < 1.29 is 9.53 Å². The first-order valence-electron chi connectivity index (χ1n) is 8.94. The summed E-state index contributed by atoms with van der Waals surface area (Å²) in [7, 11) is 0. The number of nitrogens with two attached hydrogens (primary N) is 1. The maximum Gasteiger partial charge on any atom is 0.254 e. The van der Waals surface area contributed by atoms with E-state index in [0.29, 0.717) is 25.5 Å². The molecule has 4 rings (SSSR count). The summed E-state index contributed by atoms with van der Waals surface area (Å²) in [6.07, 6.45) is 1.75. The second-order valence-corrected chi connectivity index (χ2v) is 6.68. The van der Waals surface area contributed by atoms with Gasteiger partial charge in [-0.05, 0) is 48.4 Å². The first kappa shape index (κ1) is 17.1. The Kier molecular flexibility index (Phi) is 4.50. The number of hydrogen-bond acceptors (Lipinski definition) is 4. The van der Waals surface area contributed by atoms with Crippen molar-refractivity contribution in [2.75, 3.05) is 18.9 Å². The molecule has 1 aliphatic rings. The Hall–Kier alpha value is -3.34. The molecule has 0 aliphatic carbocycles. The monoisotopic (exact) mass is 359 g/mol. The highest BCUT2D eigenvalue weighted by Gasteiger charge is 2.22. The lowest BCUT2D eigenvalue weighted by molar-refractivity contribution is 0.0732. The van der Waals surface area contributed by atoms with Gasteiger partial charge in [-0.1, -0.05) is 24.3 Å². The zero-order valence-electron chi connectivity index (χ0n) is 15.2. The van der Waals surface area contributed by atoms with Gasteiger partial charge >= 0.3 is 0 Å². The van der Waals surface area contributed by atoms with E-state index < -0.39 is 0 Å². The number of pyridine rings is 1. The van der Waals surface area contributed by atoms with E-state index in [0.717, 1.165) is 33.6 Å². The van der Waals surface area contributed by atoms with Gasteiger partial charge in [0.1, 0.15) is 18.2 Å². The fourth-order valence-electron chi connectivity index (χ4n) is 3.31. The maximum atomic E-state index is 13.0. The molecule has 5 nitrogen and oxygen atoms in total. The van der Waals surface area contributed by atoms with Gasteiger partial charge in [0.05, 0.1) is 6.54 Å². The highest BCUT2D eigenvalue weighted by molar-refractivity contribution is 5.95. The molecule has 1 aliphatic heterocycles. The summed E-state index contributed by atoms with van der Waals surface area (Å²) in [6.45, 7) is 3.51. The van der Waals surface area contributed by atoms with E-state index in [2.05, 4.69) is 11.1 Å². The van der Waals surface area contributed by atoms with Crippen LogP contribution in [-0.2, 0) is 6.54 Å². The molecule has 0 unspecified atom stereocenters. The number of aryl methyl sites for hydroxylation is 1. The molecule has 0 spiro atoms. The van der Waals surface area contributed by atoms with Crippen LogP contribution in [0.5, 0.6) is 5.75 Å². The summed E-state index contributed by atoms with van der Waals surface area (Å²) in [4.78, 5) is 19.0. The number of amides is 1. The van der Waals surface area contributed by atoms with Crippen LogP contribution in [0.4, 0.5) is 5.82 Å². The van der Waals surface area contributed by atoms with E-state index in [4.69, 9.17) is 10.5 Å². The number of rotatable bonds is 2. The Morgan fingerprint density at radius 1 is 1.11 bits per heavy atom. The van der Waals surface area contributed by atoms with Crippen LogP contribution in [0, 0.1) is 6.92 Å². The van der Waals surface area contributed by atoms with E-state index in [1.54, 1.807) is 12.3 Å². The highest BCUT2D eigenvalue weighted by Crippen LogP contribution is 2.30. The molecule has 0 saturated heterocycles. The number of fused-ring (bicyclic) bond motifs is 1. The van der Waals surface area contributed by atoms with Gasteiger partial charge < -0.3 is 15.4 Å². The molecule has 0 bridgehead atoms. The smallest absolute Gasteiger partial charge is 0.254 e. The molecule has 2 heterocycles. The van der Waals surface area contributed by atoms with Crippen molar-refractivity contribution in [1.82, 2.24) is 9.88 Å². The number of hydrogen-bond donors (Lipinski definition) is 1. The Bertz CT molecular complexity index is 983. The van der Waals surface area contributed by atoms with Crippen molar-refractivity contribution in [2.24, 2.45) is 0 Å². The normalized spacial score (nSPS) is 13.4. The average Bonchev–Trinajstić information content (AvgIpc) is 2.90. The molecule has 5 heteroatoms. The molecule has 0 fully saturated rings. The van der Waals surface area contributed by atoms with Gasteiger partial charge in [-0.2, -0.15) is 0 Å². The standard InChI is InChI=1S/C22H21N3O2/c1-15-4-2-3-5-19(15)22(26)25-10-11-27-20-8-6-16(12-18(20)14-25)17-7-9-21(23)24-13-17/h2-9,12-13H,10-11,14H2,1H3,(H2,23,24). The van der Waals surface area contributed by atoms with Crippen molar-refractivity contribution in [2.45, 2.75) is 13.5 Å². The van der Waals surface area contributed by atoms with Crippen molar-refractivity contribution in [3.8, 4) is 16.9 Å². The van der Waals surface area contributed by atoms with Crippen LogP contribution >= 0.6 is 0 Å². The van der Waals surface area contributed by atoms with Gasteiger partial charge in [-0.15, -0.1) is 0 Å². The van der Waals surface area contributed by atoms with Crippen molar-refractivity contribution >= 4 is 11.7 Å². The van der Waals surface area contributed by atoms with Crippen LogP contribution in [0.2, 0.25) is 0 Å². The van der Waals surface area contributed by atoms with Gasteiger partial charge in [0.2, 0.25) is 0 Å². The summed E-state index contributed by atoms with van der Waals surface area (Å²) < 4.78 is 5.88. The fraction of sp³-hybridized carbons (Fsp3) is 0.182. The third-order valence-corrected chi connectivity index (χ3v) is 4.82. The van der Waals surface area contributed by atoms with Gasteiger partial charge in [-0.3, -0.25) is 4.79 Å². The van der Waals surface area contributed by atoms with Crippen LogP contribution in [0.3, 0.4) is 0 Å². The molecular weight excluding hydrogens is 338 g/mol. The third-order valence-electron chi connectivity index (χ3n) is 4.82. The zero-order chi connectivity index (χ0) is 18.8. The number of benzene rings is 2. The van der Waals surface area contributed by atoms with Crippen LogP contribution < -0.4 is 10.5 Å². The lowest BCUT2D eigenvalue weighted by Gasteiger charge is -2.21. The van der Waals surface area contributed by atoms with Gasteiger partial charge in [0.25, 0.3) is 5.91 Å². The van der Waals surface area contributed by atoms with Crippen molar-refractivity contribution in [3.05, 3.63) is 77.5 Å². The maximum absolute atomic E-state index is 13.0. The lowest BCUT2D eigenvalue weighted by atomic mass is 10.0. The minimum absolute atomic E-state index is 0.0316. The Balaban J connectivity index is 1.65. The molecule has 0 saturated carbocycles. The minimum Gasteiger partial charge on any atom is -0.491 e. The van der Waals surface area contributed by atoms with E-state index in [-0.39, 0.29) is 5.91 Å². The SMILES string of the molecule is Cc1ccccc1C(=O)N1CCOc2ccc(-c3ccc(N)nc3)cc2C1. The number of nitrogens with zero attached hydrogens (tertiary/aromatic N) is 2. The number of carbonyl (C=O) groups is 1. The number of carbonyl (C=O) groups excluding carboxylic acids is 1. The van der Waals surface area contributed by atoms with Crippen LogP contribution in [0.25, 0.3) is 11.1 Å². The largest absolute Gasteiger partial charge is 0.491 e. The quantitative estimate of drug-likeness (QED) is 0.758. The zero-order valence-corrected chi connectivity index (χ0v) is 15.2. The summed E-state index contributed by atoms with van der Waals surface area (Å²) in [5.41, 5.74) is 10.4. The Labute approximate surface area is 158 Å². The predicted molar refractivity (Wildman–Crippen MR) is 105 cm³/mol. The van der Waals surface area contributed by atoms with Crippen LogP contribution in [0.1, 0.15) is 21.5 Å². The van der Waals surface area contributed by atoms with Gasteiger partial charge in [0.15, 0.2) is 0 Å². The number of ether oxygens (including phenoxy) is 1. The summed E-state index contributed by atoms with van der Waals surface area (Å²) in [5.74, 6) is 1.35. The third kappa shape index (κ3) is 3.49. The molecule has 0 radical (unpaired) electrons. The van der Waals surface area contributed by atoms with Crippen molar-refractivity contribution in [3.63, 3.8) is 0 Å². The molecule has 1 aromatic heterocycles. The average molecular weight is 359 g/mol. The second-order valence-electron chi connectivity index (χ2n) is 6.68. The van der Waals surface area contributed by atoms with Gasteiger partial charge in [-0.25, -0.2) is 4.98 Å². The molecule has 0 atom stereocenters. The summed E-state index contributed by atoms with van der Waals surface area (Å²) >= 11 is 0. The Morgan fingerprint density at radius 3 is 2.70 bits per heavy atom. The van der Waals surface area contributed by atoms with Crippen LogP contribution in [0.15, 0.2) is 60.8 Å².